The Morgan fingerprint density at radius 1 is 1.47 bits per heavy atom. The van der Waals surface area contributed by atoms with E-state index in [2.05, 4.69) is 13.8 Å². The molecule has 0 aromatic rings. The lowest BCUT2D eigenvalue weighted by Gasteiger charge is -2.40. The molecule has 1 aliphatic rings. The van der Waals surface area contributed by atoms with Gasteiger partial charge in [-0.15, -0.1) is 0 Å². The molecule has 0 aromatic carbocycles. The molecule has 4 nitrogen and oxygen atoms in total. The molecular weight excluding hydrogens is 216 g/mol. The van der Waals surface area contributed by atoms with Crippen LogP contribution in [-0.4, -0.2) is 41.7 Å². The summed E-state index contributed by atoms with van der Waals surface area (Å²) in [7, 11) is 1.93. The minimum Gasteiger partial charge on any atom is -0.480 e. The molecule has 0 bridgehead atoms. The van der Waals surface area contributed by atoms with Crippen molar-refractivity contribution < 1.29 is 9.90 Å². The predicted molar refractivity (Wildman–Crippen MR) is 68.9 cm³/mol. The van der Waals surface area contributed by atoms with Crippen molar-refractivity contribution in [2.75, 3.05) is 13.6 Å². The van der Waals surface area contributed by atoms with Gasteiger partial charge in [0.15, 0.2) is 0 Å². The zero-order valence-corrected chi connectivity index (χ0v) is 11.3. The average molecular weight is 242 g/mol. The Labute approximate surface area is 104 Å². The zero-order valence-electron chi connectivity index (χ0n) is 11.3. The van der Waals surface area contributed by atoms with Gasteiger partial charge in [0.05, 0.1) is 0 Å². The summed E-state index contributed by atoms with van der Waals surface area (Å²) in [6, 6.07) is -0.0260. The van der Waals surface area contributed by atoms with E-state index in [-0.39, 0.29) is 0 Å². The third-order valence-electron chi connectivity index (χ3n) is 4.10. The molecule has 0 aliphatic heterocycles. The van der Waals surface area contributed by atoms with Gasteiger partial charge in [-0.1, -0.05) is 13.8 Å². The molecule has 1 rings (SSSR count). The van der Waals surface area contributed by atoms with Gasteiger partial charge in [-0.25, -0.2) is 0 Å². The summed E-state index contributed by atoms with van der Waals surface area (Å²) in [4.78, 5) is 13.2. The van der Waals surface area contributed by atoms with E-state index in [9.17, 15) is 9.90 Å². The van der Waals surface area contributed by atoms with Gasteiger partial charge in [0.2, 0.25) is 0 Å². The predicted octanol–water partition coefficient (Wildman–Crippen LogP) is 1.69. The maximum Gasteiger partial charge on any atom is 0.320 e. The number of nitrogens with two attached hydrogens (primary N) is 1. The summed E-state index contributed by atoms with van der Waals surface area (Å²) < 4.78 is 0. The minimum atomic E-state index is -0.747. The van der Waals surface area contributed by atoms with Crippen LogP contribution in [0.15, 0.2) is 0 Å². The molecule has 1 aliphatic carbocycles. The van der Waals surface area contributed by atoms with Gasteiger partial charge in [0.1, 0.15) is 6.04 Å². The van der Waals surface area contributed by atoms with E-state index in [4.69, 9.17) is 5.73 Å². The number of carbonyl (C=O) groups is 1. The fourth-order valence-electron chi connectivity index (χ4n) is 2.70. The molecule has 0 saturated heterocycles. The van der Waals surface area contributed by atoms with Crippen LogP contribution >= 0.6 is 0 Å². The third-order valence-corrected chi connectivity index (χ3v) is 4.10. The Bertz CT molecular complexity index is 256. The van der Waals surface area contributed by atoms with E-state index < -0.39 is 12.0 Å². The topological polar surface area (TPSA) is 66.6 Å². The van der Waals surface area contributed by atoms with Crippen molar-refractivity contribution >= 4 is 5.97 Å². The molecule has 4 heteroatoms. The van der Waals surface area contributed by atoms with Crippen LogP contribution in [0.1, 0.15) is 46.0 Å². The van der Waals surface area contributed by atoms with Crippen LogP contribution in [0.5, 0.6) is 0 Å². The van der Waals surface area contributed by atoms with Crippen LogP contribution in [0.2, 0.25) is 0 Å². The van der Waals surface area contributed by atoms with Gasteiger partial charge in [-0.05, 0) is 51.1 Å². The van der Waals surface area contributed by atoms with Crippen molar-refractivity contribution in [2.45, 2.75) is 58.0 Å². The molecule has 1 atom stereocenters. The molecule has 1 unspecified atom stereocenters. The Balaban J connectivity index is 2.57. The second-order valence-corrected chi connectivity index (χ2v) is 5.99. The first-order valence-corrected chi connectivity index (χ1v) is 6.52. The van der Waals surface area contributed by atoms with E-state index in [1.807, 2.05) is 11.9 Å². The summed E-state index contributed by atoms with van der Waals surface area (Å²) >= 11 is 0. The molecule has 3 N–H and O–H groups in total. The quantitative estimate of drug-likeness (QED) is 0.770. The number of aliphatic carboxylic acids is 1. The second-order valence-electron chi connectivity index (χ2n) is 5.99. The van der Waals surface area contributed by atoms with Crippen LogP contribution in [-0.2, 0) is 4.79 Å². The van der Waals surface area contributed by atoms with Crippen molar-refractivity contribution in [3.8, 4) is 0 Å². The molecule has 0 heterocycles. The molecular formula is C13H26N2O2. The van der Waals surface area contributed by atoms with E-state index in [1.165, 1.54) is 12.8 Å². The van der Waals surface area contributed by atoms with Gasteiger partial charge in [-0.3, -0.25) is 9.69 Å². The summed E-state index contributed by atoms with van der Waals surface area (Å²) in [5.41, 5.74) is 5.91. The number of rotatable bonds is 5. The lowest BCUT2D eigenvalue weighted by atomic mass is 9.75. The first-order valence-electron chi connectivity index (χ1n) is 6.52. The Kier molecular flexibility index (Phi) is 4.95. The first kappa shape index (κ1) is 14.5. The van der Waals surface area contributed by atoms with Gasteiger partial charge < -0.3 is 10.8 Å². The molecule has 0 radical (unpaired) electrons. The number of likely N-dealkylation sites (N-methyl/N-ethyl adjacent to an activating group) is 1. The zero-order chi connectivity index (χ0) is 13.1. The summed E-state index contributed by atoms with van der Waals surface area (Å²) in [6.07, 6.45) is 5.08. The fraction of sp³-hybridized carbons (Fsp3) is 0.923. The number of carboxylic acids is 1. The van der Waals surface area contributed by atoms with E-state index >= 15 is 0 Å². The highest BCUT2D eigenvalue weighted by Crippen LogP contribution is 2.37. The third kappa shape index (κ3) is 3.96. The largest absolute Gasteiger partial charge is 0.480 e. The van der Waals surface area contributed by atoms with Crippen molar-refractivity contribution in [3.05, 3.63) is 0 Å². The van der Waals surface area contributed by atoms with Crippen LogP contribution in [0.25, 0.3) is 0 Å². The lowest BCUT2D eigenvalue weighted by Crippen LogP contribution is -2.47. The van der Waals surface area contributed by atoms with Crippen LogP contribution in [0.4, 0.5) is 0 Å². The average Bonchev–Trinajstić information content (AvgIpc) is 2.24. The highest BCUT2D eigenvalue weighted by Gasteiger charge is 2.33. The van der Waals surface area contributed by atoms with Gasteiger partial charge in [0.25, 0.3) is 0 Å². The molecule has 0 aromatic heterocycles. The van der Waals surface area contributed by atoms with E-state index in [0.717, 1.165) is 12.8 Å². The maximum absolute atomic E-state index is 11.2. The van der Waals surface area contributed by atoms with Gasteiger partial charge in [0, 0.05) is 6.04 Å². The molecule has 17 heavy (non-hydrogen) atoms. The summed E-state index contributed by atoms with van der Waals surface area (Å²) in [5, 5.41) is 9.21. The monoisotopic (exact) mass is 242 g/mol. The first-order chi connectivity index (χ1) is 7.87. The second kappa shape index (κ2) is 5.83. The van der Waals surface area contributed by atoms with Crippen molar-refractivity contribution in [2.24, 2.45) is 11.1 Å². The standard InChI is InChI=1S/C13H26N2O2/c1-13(2)7-4-10(5-8-13)15(3)11(6-9-14)12(16)17/h10-11H,4-9,14H2,1-3H3,(H,16,17). The SMILES string of the molecule is CN(C1CCC(C)(C)CC1)C(CCN)C(=O)O. The maximum atomic E-state index is 11.2. The molecule has 0 spiro atoms. The normalized spacial score (nSPS) is 22.6. The van der Waals surface area contributed by atoms with Gasteiger partial charge in [-0.2, -0.15) is 0 Å². The summed E-state index contributed by atoms with van der Waals surface area (Å²) in [6.45, 7) is 5.01. The number of hydrogen-bond acceptors (Lipinski definition) is 3. The molecule has 1 saturated carbocycles. The van der Waals surface area contributed by atoms with Crippen molar-refractivity contribution in [1.82, 2.24) is 4.90 Å². The Hall–Kier alpha value is -0.610. The van der Waals surface area contributed by atoms with Crippen molar-refractivity contribution in [3.63, 3.8) is 0 Å². The Morgan fingerprint density at radius 3 is 2.41 bits per heavy atom. The summed E-state index contributed by atoms with van der Waals surface area (Å²) in [5.74, 6) is -0.747. The molecule has 100 valence electrons. The fourth-order valence-corrected chi connectivity index (χ4v) is 2.70. The number of nitrogens with zero attached hydrogens (tertiary/aromatic N) is 1. The molecule has 0 amide bonds. The lowest BCUT2D eigenvalue weighted by molar-refractivity contribution is -0.144. The number of hydrogen-bond donors (Lipinski definition) is 2. The van der Waals surface area contributed by atoms with Crippen LogP contribution in [0, 0.1) is 5.41 Å². The van der Waals surface area contributed by atoms with Gasteiger partial charge >= 0.3 is 5.97 Å². The van der Waals surface area contributed by atoms with E-state index in [1.54, 1.807) is 0 Å². The van der Waals surface area contributed by atoms with Crippen molar-refractivity contribution in [1.29, 1.82) is 0 Å². The van der Waals surface area contributed by atoms with Crippen LogP contribution in [0.3, 0.4) is 0 Å². The minimum absolute atomic E-state index is 0.399. The highest BCUT2D eigenvalue weighted by molar-refractivity contribution is 5.73. The highest BCUT2D eigenvalue weighted by atomic mass is 16.4. The Morgan fingerprint density at radius 2 is 2.00 bits per heavy atom. The van der Waals surface area contributed by atoms with E-state index in [0.29, 0.717) is 24.4 Å². The number of carboxylic acid groups (broad SMARTS) is 1. The smallest absolute Gasteiger partial charge is 0.320 e. The molecule has 1 fully saturated rings. The van der Waals surface area contributed by atoms with Crippen LogP contribution < -0.4 is 5.73 Å².